The van der Waals surface area contributed by atoms with Crippen LogP contribution >= 0.6 is 7.80 Å². The fourth-order valence-electron chi connectivity index (χ4n) is 2.75. The second-order valence-corrected chi connectivity index (χ2v) is 6.46. The predicted molar refractivity (Wildman–Crippen MR) is 84.2 cm³/mol. The molecule has 0 amide bonds. The Morgan fingerprint density at radius 1 is 0.600 bits per heavy atom. The van der Waals surface area contributed by atoms with Crippen LogP contribution in [0.1, 0.15) is 0 Å². The Labute approximate surface area is 118 Å². The van der Waals surface area contributed by atoms with Crippen LogP contribution in [0.5, 0.6) is 0 Å². The summed E-state index contributed by atoms with van der Waals surface area (Å²) in [4.78, 5) is 0. The topological polar surface area (TPSA) is 17.1 Å². The molecule has 1 aliphatic heterocycles. The van der Waals surface area contributed by atoms with Gasteiger partial charge in [0.05, 0.1) is 0 Å². The van der Waals surface area contributed by atoms with Gasteiger partial charge in [0, 0.05) is 11.1 Å². The molecular weight excluding hydrogens is 263 g/mol. The molecule has 0 radical (unpaired) electrons. The highest BCUT2D eigenvalue weighted by Crippen LogP contribution is 2.39. The molecule has 1 heterocycles. The van der Waals surface area contributed by atoms with Crippen molar-refractivity contribution in [2.45, 2.75) is 0 Å². The number of fused-ring (bicyclic) bond motifs is 3. The molecule has 94 valence electrons. The van der Waals surface area contributed by atoms with Crippen LogP contribution in [0, 0.1) is 0 Å². The van der Waals surface area contributed by atoms with Gasteiger partial charge in [-0.25, -0.2) is 0 Å². The average molecular weight is 275 g/mol. The van der Waals surface area contributed by atoms with Gasteiger partial charge in [0.1, 0.15) is 0 Å². The third-order valence-electron chi connectivity index (χ3n) is 3.74. The zero-order valence-corrected chi connectivity index (χ0v) is 11.7. The molecule has 0 saturated heterocycles. The minimum Gasteiger partial charge on any atom is -0.0622 e. The van der Waals surface area contributed by atoms with Crippen molar-refractivity contribution in [1.82, 2.24) is 0 Å². The highest BCUT2D eigenvalue weighted by Gasteiger charge is 2.38. The van der Waals surface area contributed by atoms with E-state index in [1.54, 1.807) is 0 Å². The fourth-order valence-corrected chi connectivity index (χ4v) is 4.26. The van der Waals surface area contributed by atoms with Crippen LogP contribution in [0.15, 0.2) is 72.8 Å². The molecule has 0 fully saturated rings. The average Bonchev–Trinajstić information content (AvgIpc) is 2.81. The minimum absolute atomic E-state index is 0.959. The quantitative estimate of drug-likeness (QED) is 0.478. The van der Waals surface area contributed by atoms with Crippen LogP contribution in [0.4, 0.5) is 0 Å². The molecule has 0 saturated carbocycles. The molecule has 0 bridgehead atoms. The Morgan fingerprint density at radius 3 is 2.15 bits per heavy atom. The third-order valence-corrected chi connectivity index (χ3v) is 5.39. The first-order valence-electron chi connectivity index (χ1n) is 6.61. The zero-order chi connectivity index (χ0) is 13.5. The molecule has 1 nitrogen and oxygen atoms in total. The van der Waals surface area contributed by atoms with Crippen LogP contribution in [0.3, 0.4) is 0 Å². The number of benzene rings is 3. The van der Waals surface area contributed by atoms with Gasteiger partial charge in [-0.05, 0) is 41.5 Å². The lowest BCUT2D eigenvalue weighted by atomic mass is 9.99. The molecule has 0 aliphatic carbocycles. The SMILES string of the molecule is O=[P+]1c2ccccc2-c2cc(-c3ccccc3)ccc21. The lowest BCUT2D eigenvalue weighted by Gasteiger charge is -2.02. The molecule has 3 aromatic carbocycles. The van der Waals surface area contributed by atoms with Gasteiger partial charge < -0.3 is 0 Å². The first-order chi connectivity index (χ1) is 9.84. The number of hydrogen-bond acceptors (Lipinski definition) is 1. The van der Waals surface area contributed by atoms with E-state index in [0.717, 1.165) is 21.7 Å². The maximum Gasteiger partial charge on any atom is 0.416 e. The van der Waals surface area contributed by atoms with Crippen LogP contribution in [-0.2, 0) is 4.57 Å². The maximum absolute atomic E-state index is 12.5. The molecule has 3 aromatic rings. The lowest BCUT2D eigenvalue weighted by molar-refractivity contribution is 0.598. The molecule has 1 unspecified atom stereocenters. The second kappa shape index (κ2) is 4.40. The summed E-state index contributed by atoms with van der Waals surface area (Å²) in [6.45, 7) is 0. The van der Waals surface area contributed by atoms with Crippen LogP contribution in [0.2, 0.25) is 0 Å². The molecule has 4 rings (SSSR count). The largest absolute Gasteiger partial charge is 0.416 e. The maximum atomic E-state index is 12.5. The van der Waals surface area contributed by atoms with Crippen LogP contribution < -0.4 is 10.6 Å². The first kappa shape index (κ1) is 11.6. The van der Waals surface area contributed by atoms with Gasteiger partial charge in [0.2, 0.25) is 10.6 Å². The molecule has 20 heavy (non-hydrogen) atoms. The molecule has 0 spiro atoms. The van der Waals surface area contributed by atoms with Crippen molar-refractivity contribution in [3.8, 4) is 22.3 Å². The van der Waals surface area contributed by atoms with E-state index in [0.29, 0.717) is 0 Å². The summed E-state index contributed by atoms with van der Waals surface area (Å²) in [6.07, 6.45) is 0. The summed E-state index contributed by atoms with van der Waals surface area (Å²) in [7, 11) is -1.43. The Balaban J connectivity index is 1.94. The van der Waals surface area contributed by atoms with E-state index in [4.69, 9.17) is 0 Å². The van der Waals surface area contributed by atoms with E-state index in [9.17, 15) is 4.57 Å². The summed E-state index contributed by atoms with van der Waals surface area (Å²) >= 11 is 0. The predicted octanol–water partition coefficient (Wildman–Crippen LogP) is 4.11. The van der Waals surface area contributed by atoms with Gasteiger partial charge in [-0.2, -0.15) is 0 Å². The van der Waals surface area contributed by atoms with Gasteiger partial charge in [0.15, 0.2) is 0 Å². The van der Waals surface area contributed by atoms with E-state index in [2.05, 4.69) is 30.3 Å². The molecule has 0 N–H and O–H groups in total. The van der Waals surface area contributed by atoms with E-state index in [1.165, 1.54) is 11.1 Å². The highest BCUT2D eigenvalue weighted by molar-refractivity contribution is 7.63. The van der Waals surface area contributed by atoms with Crippen molar-refractivity contribution in [3.05, 3.63) is 72.8 Å². The van der Waals surface area contributed by atoms with Gasteiger partial charge in [-0.3, -0.25) is 0 Å². The normalized spacial score (nSPS) is 13.9. The molecule has 1 aliphatic rings. The molecular formula is C18H12OP+. The highest BCUT2D eigenvalue weighted by atomic mass is 31.1. The Hall–Kier alpha value is -2.24. The summed E-state index contributed by atoms with van der Waals surface area (Å²) < 4.78 is 12.5. The van der Waals surface area contributed by atoms with E-state index in [1.807, 2.05) is 42.5 Å². The minimum atomic E-state index is -1.43. The van der Waals surface area contributed by atoms with Crippen LogP contribution in [0.25, 0.3) is 22.3 Å². The van der Waals surface area contributed by atoms with Crippen molar-refractivity contribution in [2.24, 2.45) is 0 Å². The van der Waals surface area contributed by atoms with Crippen molar-refractivity contribution < 1.29 is 4.57 Å². The van der Waals surface area contributed by atoms with Gasteiger partial charge in [-0.1, -0.05) is 47.0 Å². The summed E-state index contributed by atoms with van der Waals surface area (Å²) in [5.41, 5.74) is 4.59. The number of hydrogen-bond donors (Lipinski definition) is 0. The summed E-state index contributed by atoms with van der Waals surface area (Å²) in [6, 6.07) is 24.5. The van der Waals surface area contributed by atoms with Crippen molar-refractivity contribution in [3.63, 3.8) is 0 Å². The molecule has 0 aromatic heterocycles. The molecule has 2 heteroatoms. The van der Waals surface area contributed by atoms with Crippen molar-refractivity contribution in [1.29, 1.82) is 0 Å². The van der Waals surface area contributed by atoms with Gasteiger partial charge in [-0.15, -0.1) is 0 Å². The standard InChI is InChI=1S/C18H12OP/c19-20-17-9-5-4-8-15(17)16-12-14(10-11-18(16)20)13-6-2-1-3-7-13/h1-12H/q+1. The van der Waals surface area contributed by atoms with Crippen molar-refractivity contribution in [2.75, 3.05) is 0 Å². The smallest absolute Gasteiger partial charge is 0.0622 e. The second-order valence-electron chi connectivity index (χ2n) is 4.91. The number of rotatable bonds is 1. The van der Waals surface area contributed by atoms with E-state index in [-0.39, 0.29) is 0 Å². The zero-order valence-electron chi connectivity index (χ0n) is 10.8. The monoisotopic (exact) mass is 275 g/mol. The summed E-state index contributed by atoms with van der Waals surface area (Å²) in [5, 5.41) is 1.92. The Bertz CT molecular complexity index is 822. The van der Waals surface area contributed by atoms with Gasteiger partial charge in [0.25, 0.3) is 0 Å². The summed E-state index contributed by atoms with van der Waals surface area (Å²) in [5.74, 6) is 0. The van der Waals surface area contributed by atoms with E-state index < -0.39 is 7.80 Å². The van der Waals surface area contributed by atoms with Gasteiger partial charge >= 0.3 is 7.80 Å². The Kier molecular flexibility index (Phi) is 2.55. The van der Waals surface area contributed by atoms with Crippen molar-refractivity contribution >= 4 is 18.4 Å². The van der Waals surface area contributed by atoms with E-state index >= 15 is 0 Å². The Morgan fingerprint density at radius 2 is 1.30 bits per heavy atom. The third kappa shape index (κ3) is 1.64. The lowest BCUT2D eigenvalue weighted by Crippen LogP contribution is -1.97. The first-order valence-corrected chi connectivity index (χ1v) is 7.87. The fraction of sp³-hybridized carbons (Fsp3) is 0. The van der Waals surface area contributed by atoms with Crippen LogP contribution in [-0.4, -0.2) is 0 Å². The molecule has 1 atom stereocenters.